The Morgan fingerprint density at radius 1 is 0.960 bits per heavy atom. The molecule has 5 nitrogen and oxygen atoms in total. The van der Waals surface area contributed by atoms with Crippen molar-refractivity contribution in [3.63, 3.8) is 0 Å². The minimum absolute atomic E-state index is 0.0966. The van der Waals surface area contributed by atoms with Crippen LogP contribution < -0.4 is 10.7 Å². The fraction of sp³-hybridized carbons (Fsp3) is 0.250. The van der Waals surface area contributed by atoms with Crippen LogP contribution in [0.1, 0.15) is 29.5 Å². The van der Waals surface area contributed by atoms with Crippen molar-refractivity contribution in [3.8, 4) is 0 Å². The van der Waals surface area contributed by atoms with Crippen LogP contribution in [0.4, 0.5) is 5.69 Å². The average Bonchev–Trinajstić information content (AvgIpc) is 2.61. The Bertz CT molecular complexity index is 755. The van der Waals surface area contributed by atoms with Gasteiger partial charge in [0.05, 0.1) is 0 Å². The summed E-state index contributed by atoms with van der Waals surface area (Å²) in [4.78, 5) is 23.6. The van der Waals surface area contributed by atoms with Gasteiger partial charge in [0.2, 0.25) is 11.8 Å². The number of nitrogens with one attached hydrogen (secondary N) is 2. The van der Waals surface area contributed by atoms with Gasteiger partial charge in [-0.1, -0.05) is 36.4 Å². The number of nitrogens with zero attached hydrogens (tertiary/aromatic N) is 1. The van der Waals surface area contributed by atoms with Crippen molar-refractivity contribution >= 4 is 23.7 Å². The van der Waals surface area contributed by atoms with E-state index in [4.69, 9.17) is 0 Å². The molecule has 2 aromatic rings. The van der Waals surface area contributed by atoms with Crippen LogP contribution in [0.15, 0.2) is 53.6 Å². The second kappa shape index (κ2) is 9.37. The molecule has 0 spiro atoms. The highest BCUT2D eigenvalue weighted by atomic mass is 16.2. The molecule has 0 aliphatic rings. The lowest BCUT2D eigenvalue weighted by atomic mass is 10.1. The third kappa shape index (κ3) is 6.59. The Labute approximate surface area is 148 Å². The maximum atomic E-state index is 11.9. The number of hydrazone groups is 1. The molecule has 0 saturated carbocycles. The maximum Gasteiger partial charge on any atom is 0.240 e. The lowest BCUT2D eigenvalue weighted by molar-refractivity contribution is -0.124. The van der Waals surface area contributed by atoms with Gasteiger partial charge in [0.1, 0.15) is 0 Å². The Morgan fingerprint density at radius 3 is 2.40 bits per heavy atom. The Balaban J connectivity index is 1.68. The molecule has 0 fully saturated rings. The number of carbonyl (C=O) groups is 2. The summed E-state index contributed by atoms with van der Waals surface area (Å²) >= 11 is 0. The second-order valence-electron chi connectivity index (χ2n) is 5.88. The van der Waals surface area contributed by atoms with Gasteiger partial charge in [-0.25, -0.2) is 5.43 Å². The van der Waals surface area contributed by atoms with Crippen LogP contribution in [0, 0.1) is 13.8 Å². The smallest absolute Gasteiger partial charge is 0.240 e. The molecule has 0 aliphatic heterocycles. The normalized spacial score (nSPS) is 10.6. The number of benzene rings is 2. The van der Waals surface area contributed by atoms with Crippen LogP contribution in [0.2, 0.25) is 0 Å². The third-order valence-electron chi connectivity index (χ3n) is 3.82. The topological polar surface area (TPSA) is 70.6 Å². The Kier molecular flexibility index (Phi) is 6.89. The Hall–Kier alpha value is -2.95. The van der Waals surface area contributed by atoms with E-state index in [-0.39, 0.29) is 24.7 Å². The van der Waals surface area contributed by atoms with E-state index in [0.717, 1.165) is 16.8 Å². The molecular weight excluding hydrogens is 314 g/mol. The van der Waals surface area contributed by atoms with Gasteiger partial charge in [0.15, 0.2) is 0 Å². The van der Waals surface area contributed by atoms with Crippen molar-refractivity contribution in [2.45, 2.75) is 33.1 Å². The van der Waals surface area contributed by atoms with E-state index in [1.54, 1.807) is 6.21 Å². The van der Waals surface area contributed by atoms with Crippen molar-refractivity contribution in [1.29, 1.82) is 0 Å². The van der Waals surface area contributed by atoms with Gasteiger partial charge in [0.25, 0.3) is 0 Å². The first-order valence-corrected chi connectivity index (χ1v) is 8.26. The molecule has 0 aromatic heterocycles. The van der Waals surface area contributed by atoms with E-state index in [0.29, 0.717) is 6.42 Å². The largest absolute Gasteiger partial charge is 0.326 e. The van der Waals surface area contributed by atoms with Crippen molar-refractivity contribution in [3.05, 3.63) is 65.2 Å². The second-order valence-corrected chi connectivity index (χ2v) is 5.88. The molecule has 5 heteroatoms. The molecule has 2 rings (SSSR count). The molecule has 0 heterocycles. The van der Waals surface area contributed by atoms with Crippen LogP contribution >= 0.6 is 0 Å². The molecule has 130 valence electrons. The van der Waals surface area contributed by atoms with E-state index < -0.39 is 0 Å². The molecule has 0 radical (unpaired) electrons. The molecule has 0 bridgehead atoms. The summed E-state index contributed by atoms with van der Waals surface area (Å²) in [6.07, 6.45) is 2.50. The standard InChI is InChI=1S/C20H23N3O2/c1-15-8-9-18(14-16(15)2)22-19(24)10-11-20(25)23-21-13-12-17-6-4-3-5-7-17/h3-9,13-14H,10-12H2,1-2H3,(H,22,24)(H,23,25). The number of hydrogen-bond acceptors (Lipinski definition) is 3. The first-order chi connectivity index (χ1) is 12.0. The predicted molar refractivity (Wildman–Crippen MR) is 101 cm³/mol. The maximum absolute atomic E-state index is 11.9. The van der Waals surface area contributed by atoms with Crippen molar-refractivity contribution in [2.75, 3.05) is 5.32 Å². The average molecular weight is 337 g/mol. The monoisotopic (exact) mass is 337 g/mol. The summed E-state index contributed by atoms with van der Waals surface area (Å²) in [6, 6.07) is 15.6. The summed E-state index contributed by atoms with van der Waals surface area (Å²) < 4.78 is 0. The van der Waals surface area contributed by atoms with E-state index >= 15 is 0 Å². The van der Waals surface area contributed by atoms with E-state index in [1.807, 2.05) is 62.4 Å². The molecule has 0 saturated heterocycles. The molecule has 2 aromatic carbocycles. The molecular formula is C20H23N3O2. The molecule has 0 aliphatic carbocycles. The molecule has 0 unspecified atom stereocenters. The highest BCUT2D eigenvalue weighted by molar-refractivity contribution is 5.93. The fourth-order valence-corrected chi connectivity index (χ4v) is 2.21. The van der Waals surface area contributed by atoms with Crippen LogP contribution in [0.5, 0.6) is 0 Å². The molecule has 25 heavy (non-hydrogen) atoms. The summed E-state index contributed by atoms with van der Waals surface area (Å²) in [5, 5.41) is 6.69. The lowest BCUT2D eigenvalue weighted by Crippen LogP contribution is -2.20. The number of hydrogen-bond donors (Lipinski definition) is 2. The van der Waals surface area contributed by atoms with E-state index in [9.17, 15) is 9.59 Å². The summed E-state index contributed by atoms with van der Waals surface area (Å²) in [5.41, 5.74) is 6.59. The number of rotatable bonds is 7. The van der Waals surface area contributed by atoms with Gasteiger partial charge in [0, 0.05) is 31.2 Å². The highest BCUT2D eigenvalue weighted by Crippen LogP contribution is 2.14. The number of amides is 2. The first-order valence-electron chi connectivity index (χ1n) is 8.26. The minimum atomic E-state index is -0.278. The zero-order valence-corrected chi connectivity index (χ0v) is 14.6. The van der Waals surface area contributed by atoms with Gasteiger partial charge in [-0.15, -0.1) is 0 Å². The lowest BCUT2D eigenvalue weighted by Gasteiger charge is -2.07. The van der Waals surface area contributed by atoms with Crippen LogP contribution in [-0.4, -0.2) is 18.0 Å². The van der Waals surface area contributed by atoms with Crippen molar-refractivity contribution in [1.82, 2.24) is 5.43 Å². The Morgan fingerprint density at radius 2 is 1.68 bits per heavy atom. The molecule has 2 N–H and O–H groups in total. The van der Waals surface area contributed by atoms with Crippen LogP contribution in [0.25, 0.3) is 0 Å². The van der Waals surface area contributed by atoms with Crippen LogP contribution in [0.3, 0.4) is 0 Å². The van der Waals surface area contributed by atoms with Crippen molar-refractivity contribution < 1.29 is 9.59 Å². The third-order valence-corrected chi connectivity index (χ3v) is 3.82. The highest BCUT2D eigenvalue weighted by Gasteiger charge is 2.07. The summed E-state index contributed by atoms with van der Waals surface area (Å²) in [7, 11) is 0. The zero-order valence-electron chi connectivity index (χ0n) is 14.6. The predicted octanol–water partition coefficient (Wildman–Crippen LogP) is 3.37. The molecule has 2 amide bonds. The minimum Gasteiger partial charge on any atom is -0.326 e. The number of carbonyl (C=O) groups excluding carboxylic acids is 2. The van der Waals surface area contributed by atoms with E-state index in [2.05, 4.69) is 15.8 Å². The van der Waals surface area contributed by atoms with Gasteiger partial charge < -0.3 is 5.32 Å². The van der Waals surface area contributed by atoms with Gasteiger partial charge in [-0.05, 0) is 42.7 Å². The first kappa shape index (κ1) is 18.4. The van der Waals surface area contributed by atoms with Gasteiger partial charge in [-0.2, -0.15) is 5.10 Å². The number of anilines is 1. The fourth-order valence-electron chi connectivity index (χ4n) is 2.21. The SMILES string of the molecule is Cc1ccc(NC(=O)CCC(=O)NN=CCc2ccccc2)cc1C. The summed E-state index contributed by atoms with van der Waals surface area (Å²) in [6.45, 7) is 4.01. The van der Waals surface area contributed by atoms with E-state index in [1.165, 1.54) is 5.56 Å². The van der Waals surface area contributed by atoms with Crippen molar-refractivity contribution in [2.24, 2.45) is 5.10 Å². The quantitative estimate of drug-likeness (QED) is 0.601. The van der Waals surface area contributed by atoms with Gasteiger partial charge >= 0.3 is 0 Å². The zero-order chi connectivity index (χ0) is 18.1. The van der Waals surface area contributed by atoms with Gasteiger partial charge in [-0.3, -0.25) is 9.59 Å². The van der Waals surface area contributed by atoms with Crippen LogP contribution in [-0.2, 0) is 16.0 Å². The molecule has 0 atom stereocenters. The number of aryl methyl sites for hydroxylation is 2. The summed E-state index contributed by atoms with van der Waals surface area (Å²) in [5.74, 6) is -0.466.